The largest absolute Gasteiger partial charge is 0.346 e. The Morgan fingerprint density at radius 3 is 2.26 bits per heavy atom. The summed E-state index contributed by atoms with van der Waals surface area (Å²) in [4.78, 5) is 20.8. The molecule has 2 aromatic rings. The summed E-state index contributed by atoms with van der Waals surface area (Å²) in [5.74, 6) is 0.210. The number of hydrogen-bond donors (Lipinski definition) is 2. The summed E-state index contributed by atoms with van der Waals surface area (Å²) in [6.45, 7) is 12.0. The van der Waals surface area contributed by atoms with Crippen molar-refractivity contribution in [2.45, 2.75) is 47.1 Å². The Morgan fingerprint density at radius 1 is 1.09 bits per heavy atom. The molecule has 23 heavy (non-hydrogen) atoms. The van der Waals surface area contributed by atoms with Gasteiger partial charge in [-0.1, -0.05) is 17.7 Å². The van der Waals surface area contributed by atoms with Crippen LogP contribution in [-0.4, -0.2) is 21.4 Å². The first-order valence-corrected chi connectivity index (χ1v) is 7.66. The van der Waals surface area contributed by atoms with E-state index in [0.29, 0.717) is 11.6 Å². The lowest BCUT2D eigenvalue weighted by molar-refractivity contribution is 0.0914. The maximum atomic E-state index is 12.2. The Bertz CT molecular complexity index is 709. The highest BCUT2D eigenvalue weighted by Crippen LogP contribution is 2.24. The van der Waals surface area contributed by atoms with E-state index in [2.05, 4.69) is 39.7 Å². The minimum Gasteiger partial charge on any atom is -0.346 e. The van der Waals surface area contributed by atoms with Gasteiger partial charge in [0.1, 0.15) is 5.69 Å². The van der Waals surface area contributed by atoms with Crippen LogP contribution in [0.25, 0.3) is 0 Å². The number of nitrogens with one attached hydrogen (secondary N) is 2. The smallest absolute Gasteiger partial charge is 0.270 e. The zero-order valence-electron chi connectivity index (χ0n) is 14.6. The third-order valence-electron chi connectivity index (χ3n) is 3.29. The molecule has 0 saturated carbocycles. The summed E-state index contributed by atoms with van der Waals surface area (Å²) < 4.78 is 0. The van der Waals surface area contributed by atoms with Crippen LogP contribution in [-0.2, 0) is 0 Å². The Balaban J connectivity index is 2.26. The first-order chi connectivity index (χ1) is 10.7. The van der Waals surface area contributed by atoms with Gasteiger partial charge in [-0.15, -0.1) is 0 Å². The van der Waals surface area contributed by atoms with E-state index in [1.165, 1.54) is 5.56 Å². The fraction of sp³-hybridized carbons (Fsp3) is 0.389. The first-order valence-electron chi connectivity index (χ1n) is 7.66. The van der Waals surface area contributed by atoms with E-state index in [4.69, 9.17) is 0 Å². The molecule has 0 unspecified atom stereocenters. The predicted molar refractivity (Wildman–Crippen MR) is 93.2 cm³/mol. The lowest BCUT2D eigenvalue weighted by Crippen LogP contribution is -2.41. The van der Waals surface area contributed by atoms with Gasteiger partial charge in [-0.3, -0.25) is 4.79 Å². The van der Waals surface area contributed by atoms with E-state index in [9.17, 15) is 4.79 Å². The zero-order valence-corrected chi connectivity index (χ0v) is 14.6. The molecule has 0 atom stereocenters. The van der Waals surface area contributed by atoms with Crippen LogP contribution in [0.2, 0.25) is 0 Å². The molecule has 5 heteroatoms. The number of carbonyl (C=O) groups excluding carboxylic acids is 1. The number of nitrogens with zero attached hydrogens (tertiary/aromatic N) is 2. The maximum absolute atomic E-state index is 12.2. The van der Waals surface area contributed by atoms with E-state index in [-0.39, 0.29) is 11.4 Å². The van der Waals surface area contributed by atoms with Gasteiger partial charge in [0.15, 0.2) is 0 Å². The van der Waals surface area contributed by atoms with Crippen molar-refractivity contribution in [2.75, 3.05) is 5.32 Å². The van der Waals surface area contributed by atoms with E-state index < -0.39 is 0 Å². The fourth-order valence-corrected chi connectivity index (χ4v) is 2.44. The van der Waals surface area contributed by atoms with Crippen molar-refractivity contribution >= 4 is 17.5 Å². The van der Waals surface area contributed by atoms with Crippen molar-refractivity contribution < 1.29 is 4.79 Å². The first kappa shape index (κ1) is 16.9. The number of aryl methyl sites for hydroxylation is 3. The van der Waals surface area contributed by atoms with Crippen LogP contribution < -0.4 is 10.6 Å². The number of rotatable bonds is 3. The summed E-state index contributed by atoms with van der Waals surface area (Å²) in [5.41, 5.74) is 4.47. The highest BCUT2D eigenvalue weighted by molar-refractivity contribution is 5.93. The molecule has 0 aliphatic heterocycles. The van der Waals surface area contributed by atoms with Crippen LogP contribution in [0.4, 0.5) is 11.6 Å². The summed E-state index contributed by atoms with van der Waals surface area (Å²) in [6.07, 6.45) is 1.59. The molecule has 5 nitrogen and oxygen atoms in total. The molecular formula is C18H24N4O. The van der Waals surface area contributed by atoms with Gasteiger partial charge < -0.3 is 10.6 Å². The van der Waals surface area contributed by atoms with Crippen molar-refractivity contribution in [1.29, 1.82) is 0 Å². The molecule has 1 amide bonds. The Hall–Kier alpha value is -2.43. The SMILES string of the molecule is Cc1cc(C)c(Nc2nccc(C(=O)NC(C)(C)C)n2)c(C)c1. The molecule has 0 fully saturated rings. The summed E-state index contributed by atoms with van der Waals surface area (Å²) in [7, 11) is 0. The van der Waals surface area contributed by atoms with Gasteiger partial charge in [-0.2, -0.15) is 0 Å². The van der Waals surface area contributed by atoms with E-state index in [1.54, 1.807) is 12.3 Å². The standard InChI is InChI=1S/C18H24N4O/c1-11-9-12(2)15(13(3)10-11)21-17-19-8-7-14(20-17)16(23)22-18(4,5)6/h7-10H,1-6H3,(H,22,23)(H,19,20,21). The van der Waals surface area contributed by atoms with Crippen LogP contribution in [0.15, 0.2) is 24.4 Å². The second-order valence-electron chi connectivity index (χ2n) is 6.87. The van der Waals surface area contributed by atoms with E-state index in [0.717, 1.165) is 16.8 Å². The molecular weight excluding hydrogens is 288 g/mol. The highest BCUT2D eigenvalue weighted by Gasteiger charge is 2.17. The van der Waals surface area contributed by atoms with Gasteiger partial charge in [-0.05, 0) is 58.7 Å². The summed E-state index contributed by atoms with van der Waals surface area (Å²) in [6, 6.07) is 5.82. The van der Waals surface area contributed by atoms with E-state index >= 15 is 0 Å². The molecule has 1 aromatic carbocycles. The second kappa shape index (κ2) is 6.36. The summed E-state index contributed by atoms with van der Waals surface area (Å²) in [5, 5.41) is 6.12. The minimum absolute atomic E-state index is 0.208. The third kappa shape index (κ3) is 4.52. The molecule has 0 spiro atoms. The van der Waals surface area contributed by atoms with Crippen molar-refractivity contribution in [3.05, 3.63) is 46.8 Å². The lowest BCUT2D eigenvalue weighted by atomic mass is 10.1. The predicted octanol–water partition coefficient (Wildman–Crippen LogP) is 3.67. The molecule has 0 bridgehead atoms. The van der Waals surface area contributed by atoms with E-state index in [1.807, 2.05) is 34.6 Å². The molecule has 122 valence electrons. The van der Waals surface area contributed by atoms with Crippen molar-refractivity contribution in [3.63, 3.8) is 0 Å². The van der Waals surface area contributed by atoms with Crippen LogP contribution >= 0.6 is 0 Å². The van der Waals surface area contributed by atoms with Gasteiger partial charge in [0.05, 0.1) is 0 Å². The number of aromatic nitrogens is 2. The van der Waals surface area contributed by atoms with Crippen molar-refractivity contribution in [3.8, 4) is 0 Å². The van der Waals surface area contributed by atoms with Crippen LogP contribution in [0.3, 0.4) is 0 Å². The van der Waals surface area contributed by atoms with Gasteiger partial charge in [0.25, 0.3) is 5.91 Å². The minimum atomic E-state index is -0.306. The average molecular weight is 312 g/mol. The quantitative estimate of drug-likeness (QED) is 0.907. The number of hydrogen-bond acceptors (Lipinski definition) is 4. The van der Waals surface area contributed by atoms with Crippen LogP contribution in [0.5, 0.6) is 0 Å². The molecule has 2 N–H and O–H groups in total. The molecule has 0 aliphatic rings. The average Bonchev–Trinajstić information content (AvgIpc) is 2.41. The maximum Gasteiger partial charge on any atom is 0.270 e. The normalized spacial score (nSPS) is 11.2. The molecule has 0 aliphatic carbocycles. The van der Waals surface area contributed by atoms with Gasteiger partial charge >= 0.3 is 0 Å². The molecule has 1 aromatic heterocycles. The van der Waals surface area contributed by atoms with Crippen molar-refractivity contribution in [1.82, 2.24) is 15.3 Å². The van der Waals surface area contributed by atoms with Gasteiger partial charge in [0, 0.05) is 17.4 Å². The number of amides is 1. The Labute approximate surface area is 137 Å². The summed E-state index contributed by atoms with van der Waals surface area (Å²) >= 11 is 0. The molecule has 1 heterocycles. The topological polar surface area (TPSA) is 66.9 Å². The Kier molecular flexibility index (Phi) is 4.68. The molecule has 0 radical (unpaired) electrons. The fourth-order valence-electron chi connectivity index (χ4n) is 2.44. The Morgan fingerprint density at radius 2 is 1.70 bits per heavy atom. The monoisotopic (exact) mass is 312 g/mol. The molecule has 2 rings (SSSR count). The van der Waals surface area contributed by atoms with Gasteiger partial charge in [-0.25, -0.2) is 9.97 Å². The lowest BCUT2D eigenvalue weighted by Gasteiger charge is -2.20. The second-order valence-corrected chi connectivity index (χ2v) is 6.87. The third-order valence-corrected chi connectivity index (χ3v) is 3.29. The number of benzene rings is 1. The van der Waals surface area contributed by atoms with Crippen LogP contribution in [0, 0.1) is 20.8 Å². The van der Waals surface area contributed by atoms with Crippen molar-refractivity contribution in [2.24, 2.45) is 0 Å². The van der Waals surface area contributed by atoms with Gasteiger partial charge in [0.2, 0.25) is 5.95 Å². The number of anilines is 2. The zero-order chi connectivity index (χ0) is 17.2. The molecule has 0 saturated heterocycles. The number of carbonyl (C=O) groups is 1. The highest BCUT2D eigenvalue weighted by atomic mass is 16.2. The van der Waals surface area contributed by atoms with Crippen LogP contribution in [0.1, 0.15) is 48.0 Å².